The molecule has 0 saturated heterocycles. The molecule has 0 unspecified atom stereocenters. The zero-order valence-corrected chi connectivity index (χ0v) is 15.2. The molecule has 0 amide bonds. The number of rotatable bonds is 4. The van der Waals surface area contributed by atoms with Gasteiger partial charge in [0.1, 0.15) is 0 Å². The first-order valence-electron chi connectivity index (χ1n) is 9.27. The van der Waals surface area contributed by atoms with Gasteiger partial charge in [-0.15, -0.1) is 0 Å². The highest BCUT2D eigenvalue weighted by atomic mass is 15.1. The highest BCUT2D eigenvalue weighted by Crippen LogP contribution is 2.24. The molecule has 0 bridgehead atoms. The zero-order valence-electron chi connectivity index (χ0n) is 15.2. The van der Waals surface area contributed by atoms with Gasteiger partial charge in [0.25, 0.3) is 0 Å². The second-order valence-corrected chi connectivity index (χ2v) is 6.99. The molecule has 2 aromatic carbocycles. The smallest absolute Gasteiger partial charge is 0.0550 e. The van der Waals surface area contributed by atoms with Crippen molar-refractivity contribution in [2.24, 2.45) is 0 Å². The lowest BCUT2D eigenvalue weighted by molar-refractivity contribution is 0.290. The molecule has 2 heteroatoms. The normalized spacial score (nSPS) is 14.9. The van der Waals surface area contributed by atoms with Gasteiger partial charge in [0, 0.05) is 25.8 Å². The van der Waals surface area contributed by atoms with E-state index in [4.69, 9.17) is 0 Å². The summed E-state index contributed by atoms with van der Waals surface area (Å²) in [6, 6.07) is 23.7. The van der Waals surface area contributed by atoms with Gasteiger partial charge in [-0.1, -0.05) is 66.2 Å². The van der Waals surface area contributed by atoms with Gasteiger partial charge in [-0.05, 0) is 47.7 Å². The molecule has 3 aromatic rings. The summed E-state index contributed by atoms with van der Waals surface area (Å²) in [5.41, 5.74) is 7.75. The highest BCUT2D eigenvalue weighted by molar-refractivity contribution is 5.66. The van der Waals surface area contributed by atoms with Crippen LogP contribution in [0, 0.1) is 6.92 Å². The van der Waals surface area contributed by atoms with Crippen molar-refractivity contribution in [1.82, 2.24) is 9.88 Å². The van der Waals surface area contributed by atoms with E-state index in [1.54, 1.807) is 0 Å². The molecule has 0 fully saturated rings. The molecular weight excluding hydrogens is 316 g/mol. The van der Waals surface area contributed by atoms with Crippen molar-refractivity contribution in [3.63, 3.8) is 0 Å². The number of benzene rings is 2. The third-order valence-electron chi connectivity index (χ3n) is 4.99. The van der Waals surface area contributed by atoms with Crippen LogP contribution in [0.4, 0.5) is 0 Å². The van der Waals surface area contributed by atoms with E-state index in [1.807, 2.05) is 6.20 Å². The summed E-state index contributed by atoms with van der Waals surface area (Å²) in [6.07, 6.45) is 5.40. The third-order valence-corrected chi connectivity index (χ3v) is 4.99. The van der Waals surface area contributed by atoms with Gasteiger partial charge in [-0.25, -0.2) is 0 Å². The minimum Gasteiger partial charge on any atom is -0.294 e. The van der Waals surface area contributed by atoms with Crippen molar-refractivity contribution in [3.05, 3.63) is 95.8 Å². The van der Waals surface area contributed by atoms with E-state index in [9.17, 15) is 0 Å². The molecule has 0 radical (unpaired) electrons. The van der Waals surface area contributed by atoms with Gasteiger partial charge in [0.05, 0.1) is 5.69 Å². The van der Waals surface area contributed by atoms with Crippen LogP contribution >= 0.6 is 0 Å². The fourth-order valence-electron chi connectivity index (χ4n) is 3.57. The number of pyridine rings is 1. The average molecular weight is 340 g/mol. The molecule has 0 N–H and O–H groups in total. The van der Waals surface area contributed by atoms with Crippen LogP contribution in [0.5, 0.6) is 0 Å². The predicted octanol–water partition coefficient (Wildman–Crippen LogP) is 5.35. The molecule has 26 heavy (non-hydrogen) atoms. The molecule has 1 aliphatic heterocycles. The summed E-state index contributed by atoms with van der Waals surface area (Å²) in [6.45, 7) is 5.10. The van der Waals surface area contributed by atoms with E-state index in [2.05, 4.69) is 89.6 Å². The number of hydrogen-bond donors (Lipinski definition) is 0. The van der Waals surface area contributed by atoms with Crippen LogP contribution in [0.15, 0.2) is 79.0 Å². The fourth-order valence-corrected chi connectivity index (χ4v) is 3.57. The molecule has 1 aliphatic rings. The summed E-state index contributed by atoms with van der Waals surface area (Å²) in [5, 5.41) is 0. The van der Waals surface area contributed by atoms with Gasteiger partial charge in [-0.3, -0.25) is 9.88 Å². The maximum atomic E-state index is 4.60. The molecule has 130 valence electrons. The first-order chi connectivity index (χ1) is 12.8. The van der Waals surface area contributed by atoms with Gasteiger partial charge in [-0.2, -0.15) is 0 Å². The number of hydrogen-bond acceptors (Lipinski definition) is 2. The Kier molecular flexibility index (Phi) is 4.94. The molecule has 0 aliphatic carbocycles. The first-order valence-corrected chi connectivity index (χ1v) is 9.27. The van der Waals surface area contributed by atoms with Crippen molar-refractivity contribution in [2.75, 3.05) is 13.1 Å². The minimum absolute atomic E-state index is 0.901. The lowest BCUT2D eigenvalue weighted by Crippen LogP contribution is -2.28. The van der Waals surface area contributed by atoms with E-state index in [0.29, 0.717) is 0 Å². The van der Waals surface area contributed by atoms with Crippen molar-refractivity contribution in [1.29, 1.82) is 0 Å². The van der Waals surface area contributed by atoms with E-state index < -0.39 is 0 Å². The van der Waals surface area contributed by atoms with Crippen molar-refractivity contribution >= 4 is 5.57 Å². The molecule has 4 rings (SSSR count). The maximum absolute atomic E-state index is 4.60. The van der Waals surface area contributed by atoms with Gasteiger partial charge in [0.15, 0.2) is 0 Å². The topological polar surface area (TPSA) is 16.1 Å². The van der Waals surface area contributed by atoms with Crippen LogP contribution in [-0.2, 0) is 6.54 Å². The Bertz CT molecular complexity index is 912. The summed E-state index contributed by atoms with van der Waals surface area (Å²) in [7, 11) is 0. The molecule has 2 nitrogen and oxygen atoms in total. The van der Waals surface area contributed by atoms with Crippen molar-refractivity contribution in [3.8, 4) is 11.1 Å². The van der Waals surface area contributed by atoms with Crippen LogP contribution in [-0.4, -0.2) is 23.0 Å². The standard InChI is InChI=1S/C24H24N2/c1-19-6-5-9-22(16-19)23-10-13-25-24(17-23)18-26-14-11-21(12-15-26)20-7-3-2-4-8-20/h2-11,13,16-17H,12,14-15,18H2,1H3. The van der Waals surface area contributed by atoms with E-state index in [-0.39, 0.29) is 0 Å². The van der Waals surface area contributed by atoms with Crippen LogP contribution in [0.3, 0.4) is 0 Å². The molecular formula is C24H24N2. The largest absolute Gasteiger partial charge is 0.294 e. The van der Waals surface area contributed by atoms with E-state index >= 15 is 0 Å². The Morgan fingerprint density at radius 2 is 1.69 bits per heavy atom. The third kappa shape index (κ3) is 3.92. The fraction of sp³-hybridized carbons (Fsp3) is 0.208. The maximum Gasteiger partial charge on any atom is 0.0550 e. The van der Waals surface area contributed by atoms with Crippen molar-refractivity contribution in [2.45, 2.75) is 19.9 Å². The predicted molar refractivity (Wildman–Crippen MR) is 109 cm³/mol. The second-order valence-electron chi connectivity index (χ2n) is 6.99. The summed E-state index contributed by atoms with van der Waals surface area (Å²) < 4.78 is 0. The van der Waals surface area contributed by atoms with Gasteiger partial charge < -0.3 is 0 Å². The average Bonchev–Trinajstić information content (AvgIpc) is 2.69. The lowest BCUT2D eigenvalue weighted by Gasteiger charge is -2.26. The number of nitrogens with zero attached hydrogens (tertiary/aromatic N) is 2. The Hall–Kier alpha value is -2.71. The summed E-state index contributed by atoms with van der Waals surface area (Å²) >= 11 is 0. The molecule has 0 spiro atoms. The summed E-state index contributed by atoms with van der Waals surface area (Å²) in [5.74, 6) is 0. The van der Waals surface area contributed by atoms with Gasteiger partial charge >= 0.3 is 0 Å². The zero-order chi connectivity index (χ0) is 17.8. The molecule has 1 aromatic heterocycles. The molecule has 0 saturated carbocycles. The monoisotopic (exact) mass is 340 g/mol. The quantitative estimate of drug-likeness (QED) is 0.637. The first kappa shape index (κ1) is 16.7. The van der Waals surface area contributed by atoms with Gasteiger partial charge in [0.2, 0.25) is 0 Å². The lowest BCUT2D eigenvalue weighted by atomic mass is 9.99. The van der Waals surface area contributed by atoms with Crippen LogP contribution < -0.4 is 0 Å². The van der Waals surface area contributed by atoms with Crippen molar-refractivity contribution < 1.29 is 0 Å². The molecule has 2 heterocycles. The number of aromatic nitrogens is 1. The Morgan fingerprint density at radius 3 is 2.46 bits per heavy atom. The summed E-state index contributed by atoms with van der Waals surface area (Å²) in [4.78, 5) is 7.06. The SMILES string of the molecule is Cc1cccc(-c2ccnc(CN3CC=C(c4ccccc4)CC3)c2)c1. The Balaban J connectivity index is 1.46. The Morgan fingerprint density at radius 1 is 0.885 bits per heavy atom. The second kappa shape index (κ2) is 7.67. The Labute approximate surface area is 155 Å². The minimum atomic E-state index is 0.901. The van der Waals surface area contributed by atoms with Crippen LogP contribution in [0.1, 0.15) is 23.2 Å². The number of aryl methyl sites for hydroxylation is 1. The highest BCUT2D eigenvalue weighted by Gasteiger charge is 2.14. The van der Waals surface area contributed by atoms with E-state index in [1.165, 1.54) is 27.8 Å². The van der Waals surface area contributed by atoms with Crippen LogP contribution in [0.2, 0.25) is 0 Å². The molecule has 0 atom stereocenters. The van der Waals surface area contributed by atoms with E-state index in [0.717, 1.165) is 31.7 Å². The van der Waals surface area contributed by atoms with Crippen LogP contribution in [0.25, 0.3) is 16.7 Å².